The summed E-state index contributed by atoms with van der Waals surface area (Å²) < 4.78 is 5.30. The van der Waals surface area contributed by atoms with Crippen LogP contribution in [-0.4, -0.2) is 53.4 Å². The highest BCUT2D eigenvalue weighted by Crippen LogP contribution is 2.17. The zero-order chi connectivity index (χ0) is 17.1. The fraction of sp³-hybridized carbons (Fsp3) is 0.333. The van der Waals surface area contributed by atoms with Crippen molar-refractivity contribution in [3.8, 4) is 0 Å². The Morgan fingerprint density at radius 1 is 1.38 bits per heavy atom. The predicted octanol–water partition coefficient (Wildman–Crippen LogP) is 0.0590. The Bertz CT molecular complexity index is 759. The maximum absolute atomic E-state index is 11.8. The van der Waals surface area contributed by atoms with Crippen LogP contribution in [0.15, 0.2) is 28.9 Å². The third kappa shape index (κ3) is 3.45. The quantitative estimate of drug-likeness (QED) is 0.796. The molecule has 3 heterocycles. The van der Waals surface area contributed by atoms with Crippen molar-refractivity contribution in [2.75, 3.05) is 36.9 Å². The summed E-state index contributed by atoms with van der Waals surface area (Å²) in [5.41, 5.74) is 5.15. The summed E-state index contributed by atoms with van der Waals surface area (Å²) in [5.74, 6) is 1.42. The van der Waals surface area contributed by atoms with Gasteiger partial charge in [0.15, 0.2) is 5.76 Å². The number of carbonyl (C=O) groups excluding carboxylic acids is 2. The standard InChI is InChI=1S/C15H18N6O3/c1-20-4-5-21(8-14(20)22)13-6-12(18-9-19-13)17-7-10-2-3-11(24-10)15(16)23/h2-3,6,9H,4-5,7-8H2,1H3,(H2,16,23)(H,17,18,19). The molecular formula is C15H18N6O3. The summed E-state index contributed by atoms with van der Waals surface area (Å²) in [6.45, 7) is 2.03. The average molecular weight is 330 g/mol. The van der Waals surface area contributed by atoms with Gasteiger partial charge in [-0.25, -0.2) is 9.97 Å². The Labute approximate surface area is 138 Å². The number of nitrogens with two attached hydrogens (primary N) is 1. The Hall–Kier alpha value is -3.10. The van der Waals surface area contributed by atoms with Gasteiger partial charge in [-0.05, 0) is 12.1 Å². The number of amides is 2. The van der Waals surface area contributed by atoms with Crippen molar-refractivity contribution in [2.24, 2.45) is 5.73 Å². The third-order valence-electron chi connectivity index (χ3n) is 3.78. The van der Waals surface area contributed by atoms with Crippen molar-refractivity contribution in [3.63, 3.8) is 0 Å². The van der Waals surface area contributed by atoms with Gasteiger partial charge in [-0.3, -0.25) is 9.59 Å². The zero-order valence-corrected chi connectivity index (χ0v) is 13.2. The smallest absolute Gasteiger partial charge is 0.284 e. The summed E-state index contributed by atoms with van der Waals surface area (Å²) in [5, 5.41) is 3.09. The van der Waals surface area contributed by atoms with E-state index < -0.39 is 5.91 Å². The summed E-state index contributed by atoms with van der Waals surface area (Å²) >= 11 is 0. The monoisotopic (exact) mass is 330 g/mol. The van der Waals surface area contributed by atoms with Gasteiger partial charge >= 0.3 is 0 Å². The van der Waals surface area contributed by atoms with E-state index in [1.54, 1.807) is 24.1 Å². The lowest BCUT2D eigenvalue weighted by molar-refractivity contribution is -0.129. The summed E-state index contributed by atoms with van der Waals surface area (Å²) in [6, 6.07) is 4.98. The molecule has 1 aliphatic heterocycles. The van der Waals surface area contributed by atoms with Gasteiger partial charge < -0.3 is 25.3 Å². The fourth-order valence-electron chi connectivity index (χ4n) is 2.35. The highest BCUT2D eigenvalue weighted by atomic mass is 16.3. The summed E-state index contributed by atoms with van der Waals surface area (Å²) in [4.78, 5) is 34.8. The molecule has 9 heteroatoms. The molecule has 0 bridgehead atoms. The SMILES string of the molecule is CN1CCN(c2cc(NCc3ccc(C(N)=O)o3)ncn2)CC1=O. The van der Waals surface area contributed by atoms with E-state index in [1.165, 1.54) is 12.4 Å². The summed E-state index contributed by atoms with van der Waals surface area (Å²) in [6.07, 6.45) is 1.44. The van der Waals surface area contributed by atoms with Crippen molar-refractivity contribution in [1.29, 1.82) is 0 Å². The van der Waals surface area contributed by atoms with Gasteiger partial charge in [0, 0.05) is 26.2 Å². The molecule has 0 aromatic carbocycles. The lowest BCUT2D eigenvalue weighted by atomic mass is 10.3. The molecule has 3 N–H and O–H groups in total. The van der Waals surface area contributed by atoms with Gasteiger partial charge in [-0.15, -0.1) is 0 Å². The number of primary amides is 1. The van der Waals surface area contributed by atoms with Crippen LogP contribution in [0.25, 0.3) is 0 Å². The highest BCUT2D eigenvalue weighted by molar-refractivity contribution is 5.89. The van der Waals surface area contributed by atoms with Crippen LogP contribution >= 0.6 is 0 Å². The molecule has 9 nitrogen and oxygen atoms in total. The van der Waals surface area contributed by atoms with Crippen molar-refractivity contribution in [3.05, 3.63) is 36.0 Å². The first-order valence-corrected chi connectivity index (χ1v) is 7.46. The van der Waals surface area contributed by atoms with E-state index in [4.69, 9.17) is 10.2 Å². The largest absolute Gasteiger partial charge is 0.454 e. The molecule has 2 amide bonds. The molecule has 2 aromatic heterocycles. The molecule has 0 unspecified atom stereocenters. The zero-order valence-electron chi connectivity index (χ0n) is 13.2. The van der Waals surface area contributed by atoms with Crippen molar-refractivity contribution in [2.45, 2.75) is 6.54 Å². The minimum absolute atomic E-state index is 0.0592. The fourth-order valence-corrected chi connectivity index (χ4v) is 2.35. The van der Waals surface area contributed by atoms with Crippen LogP contribution in [0.3, 0.4) is 0 Å². The molecule has 24 heavy (non-hydrogen) atoms. The Balaban J connectivity index is 1.64. The maximum atomic E-state index is 11.8. The molecule has 2 aromatic rings. The molecule has 1 saturated heterocycles. The topological polar surface area (TPSA) is 118 Å². The predicted molar refractivity (Wildman–Crippen MR) is 86.4 cm³/mol. The van der Waals surface area contributed by atoms with Gasteiger partial charge in [0.05, 0.1) is 13.1 Å². The lowest BCUT2D eigenvalue weighted by Gasteiger charge is -2.32. The van der Waals surface area contributed by atoms with Crippen LogP contribution in [0, 0.1) is 0 Å². The number of furan rings is 1. The lowest BCUT2D eigenvalue weighted by Crippen LogP contribution is -2.48. The molecule has 0 saturated carbocycles. The molecule has 0 spiro atoms. The number of carbonyl (C=O) groups is 2. The van der Waals surface area contributed by atoms with E-state index in [2.05, 4.69) is 15.3 Å². The molecule has 0 radical (unpaired) electrons. The minimum Gasteiger partial charge on any atom is -0.454 e. The van der Waals surface area contributed by atoms with Crippen LogP contribution < -0.4 is 16.0 Å². The van der Waals surface area contributed by atoms with E-state index >= 15 is 0 Å². The van der Waals surface area contributed by atoms with Crippen LogP contribution in [0.5, 0.6) is 0 Å². The molecular weight excluding hydrogens is 312 g/mol. The van der Waals surface area contributed by atoms with Gasteiger partial charge in [0.1, 0.15) is 23.7 Å². The number of aromatic nitrogens is 2. The molecule has 0 atom stereocenters. The van der Waals surface area contributed by atoms with Gasteiger partial charge in [0.25, 0.3) is 5.91 Å². The second-order valence-electron chi connectivity index (χ2n) is 5.48. The molecule has 1 aliphatic rings. The first-order valence-electron chi connectivity index (χ1n) is 7.46. The molecule has 0 aliphatic carbocycles. The van der Waals surface area contributed by atoms with E-state index in [-0.39, 0.29) is 11.7 Å². The first-order chi connectivity index (χ1) is 11.5. The highest BCUT2D eigenvalue weighted by Gasteiger charge is 2.22. The van der Waals surface area contributed by atoms with Crippen molar-refractivity contribution < 1.29 is 14.0 Å². The number of likely N-dealkylation sites (N-methyl/N-ethyl adjacent to an activating group) is 1. The number of piperazine rings is 1. The Morgan fingerprint density at radius 3 is 2.92 bits per heavy atom. The number of hydrogen-bond donors (Lipinski definition) is 2. The van der Waals surface area contributed by atoms with E-state index in [1.807, 2.05) is 4.90 Å². The number of nitrogens with zero attached hydrogens (tertiary/aromatic N) is 4. The van der Waals surface area contributed by atoms with Crippen LogP contribution in [0.4, 0.5) is 11.6 Å². The van der Waals surface area contributed by atoms with Gasteiger partial charge in [0.2, 0.25) is 5.91 Å². The number of hydrogen-bond acceptors (Lipinski definition) is 7. The first kappa shape index (κ1) is 15.8. The van der Waals surface area contributed by atoms with Crippen LogP contribution in [0.2, 0.25) is 0 Å². The van der Waals surface area contributed by atoms with E-state index in [9.17, 15) is 9.59 Å². The average Bonchev–Trinajstić information content (AvgIpc) is 3.05. The molecule has 3 rings (SSSR count). The Kier molecular flexibility index (Phi) is 4.32. The normalized spacial score (nSPS) is 14.8. The van der Waals surface area contributed by atoms with Crippen molar-refractivity contribution in [1.82, 2.24) is 14.9 Å². The van der Waals surface area contributed by atoms with E-state index in [0.29, 0.717) is 37.0 Å². The summed E-state index contributed by atoms with van der Waals surface area (Å²) in [7, 11) is 1.79. The number of rotatable bonds is 5. The third-order valence-corrected chi connectivity index (χ3v) is 3.78. The van der Waals surface area contributed by atoms with E-state index in [0.717, 1.165) is 6.54 Å². The maximum Gasteiger partial charge on any atom is 0.284 e. The van der Waals surface area contributed by atoms with Gasteiger partial charge in [-0.2, -0.15) is 0 Å². The molecule has 126 valence electrons. The second kappa shape index (κ2) is 6.57. The Morgan fingerprint density at radius 2 is 2.21 bits per heavy atom. The second-order valence-corrected chi connectivity index (χ2v) is 5.48. The van der Waals surface area contributed by atoms with Crippen LogP contribution in [-0.2, 0) is 11.3 Å². The van der Waals surface area contributed by atoms with Crippen molar-refractivity contribution >= 4 is 23.5 Å². The van der Waals surface area contributed by atoms with Gasteiger partial charge in [-0.1, -0.05) is 0 Å². The number of nitrogens with one attached hydrogen (secondary N) is 1. The minimum atomic E-state index is -0.606. The number of anilines is 2. The molecule has 1 fully saturated rings. The van der Waals surface area contributed by atoms with Crippen LogP contribution in [0.1, 0.15) is 16.3 Å².